The zero-order valence-corrected chi connectivity index (χ0v) is 12.4. The third-order valence-electron chi connectivity index (χ3n) is 2.77. The number of amides is 2. The second-order valence-corrected chi connectivity index (χ2v) is 4.35. The Kier molecular flexibility index (Phi) is 6.04. The van der Waals surface area contributed by atoms with E-state index in [1.165, 1.54) is 0 Å². The van der Waals surface area contributed by atoms with E-state index in [1.54, 1.807) is 12.3 Å². The molecule has 2 amide bonds. The summed E-state index contributed by atoms with van der Waals surface area (Å²) in [7, 11) is 0. The molecule has 0 fully saturated rings. The predicted molar refractivity (Wildman–Crippen MR) is 82.7 cm³/mol. The molecule has 0 saturated carbocycles. The summed E-state index contributed by atoms with van der Waals surface area (Å²) in [4.78, 5) is 15.8. The molecule has 0 saturated heterocycles. The van der Waals surface area contributed by atoms with Crippen molar-refractivity contribution >= 4 is 6.03 Å². The van der Waals surface area contributed by atoms with Gasteiger partial charge in [0, 0.05) is 6.20 Å². The molecule has 1 heterocycles. The van der Waals surface area contributed by atoms with Crippen LogP contribution in [-0.4, -0.2) is 24.4 Å². The Morgan fingerprint density at radius 3 is 2.45 bits per heavy atom. The summed E-state index contributed by atoms with van der Waals surface area (Å²) in [5.41, 5.74) is 0.792. The Morgan fingerprint density at radius 2 is 1.77 bits per heavy atom. The summed E-state index contributed by atoms with van der Waals surface area (Å²) in [5, 5.41) is 5.32. The average molecular weight is 301 g/mol. The quantitative estimate of drug-likeness (QED) is 0.770. The van der Waals surface area contributed by atoms with Crippen LogP contribution in [0.3, 0.4) is 0 Å². The van der Waals surface area contributed by atoms with Gasteiger partial charge in [-0.25, -0.2) is 4.79 Å². The second-order valence-electron chi connectivity index (χ2n) is 4.35. The number of nitrogens with one attached hydrogen (secondary N) is 2. The van der Waals surface area contributed by atoms with Gasteiger partial charge < -0.3 is 20.1 Å². The van der Waals surface area contributed by atoms with Crippen molar-refractivity contribution < 1.29 is 14.3 Å². The van der Waals surface area contributed by atoms with Crippen molar-refractivity contribution in [3.05, 3.63) is 54.4 Å². The minimum absolute atomic E-state index is 0.0537. The van der Waals surface area contributed by atoms with E-state index < -0.39 is 0 Å². The van der Waals surface area contributed by atoms with Crippen LogP contribution in [-0.2, 0) is 6.54 Å². The highest BCUT2D eigenvalue weighted by atomic mass is 16.5. The van der Waals surface area contributed by atoms with Gasteiger partial charge in [0.25, 0.3) is 0 Å². The number of hydrogen-bond donors (Lipinski definition) is 2. The van der Waals surface area contributed by atoms with Crippen LogP contribution in [0.15, 0.2) is 48.7 Å². The first-order chi connectivity index (χ1) is 10.8. The first kappa shape index (κ1) is 15.6. The van der Waals surface area contributed by atoms with Crippen molar-refractivity contribution in [1.82, 2.24) is 15.6 Å². The maximum Gasteiger partial charge on any atom is 0.317 e. The lowest BCUT2D eigenvalue weighted by Gasteiger charge is -2.12. The molecule has 116 valence electrons. The van der Waals surface area contributed by atoms with Gasteiger partial charge in [0.15, 0.2) is 18.2 Å². The lowest BCUT2D eigenvalue weighted by atomic mass is 10.3. The van der Waals surface area contributed by atoms with Crippen molar-refractivity contribution in [2.24, 2.45) is 0 Å². The van der Waals surface area contributed by atoms with E-state index in [0.717, 1.165) is 5.69 Å². The van der Waals surface area contributed by atoms with Gasteiger partial charge in [0.1, 0.15) is 0 Å². The second kappa shape index (κ2) is 8.51. The fourth-order valence-electron chi connectivity index (χ4n) is 1.76. The van der Waals surface area contributed by atoms with E-state index >= 15 is 0 Å². The summed E-state index contributed by atoms with van der Waals surface area (Å²) in [6.07, 6.45) is 1.68. The number of hydrogen-bond acceptors (Lipinski definition) is 4. The van der Waals surface area contributed by atoms with E-state index in [9.17, 15) is 4.79 Å². The van der Waals surface area contributed by atoms with Crippen molar-refractivity contribution in [2.45, 2.75) is 13.5 Å². The third-order valence-corrected chi connectivity index (χ3v) is 2.77. The topological polar surface area (TPSA) is 72.5 Å². The number of aromatic nitrogens is 1. The van der Waals surface area contributed by atoms with Crippen LogP contribution in [0.2, 0.25) is 0 Å². The maximum atomic E-state index is 11.7. The number of urea groups is 1. The van der Waals surface area contributed by atoms with Crippen LogP contribution in [0.5, 0.6) is 11.5 Å². The van der Waals surface area contributed by atoms with Crippen molar-refractivity contribution in [3.8, 4) is 11.5 Å². The van der Waals surface area contributed by atoms with Crippen LogP contribution in [0.4, 0.5) is 4.79 Å². The Hall–Kier alpha value is -2.76. The molecule has 1 aromatic heterocycles. The molecule has 0 spiro atoms. The highest BCUT2D eigenvalue weighted by molar-refractivity contribution is 5.73. The Balaban J connectivity index is 1.73. The molecule has 0 radical (unpaired) electrons. The van der Waals surface area contributed by atoms with E-state index in [-0.39, 0.29) is 12.8 Å². The number of benzene rings is 1. The fourth-order valence-corrected chi connectivity index (χ4v) is 1.76. The molecule has 6 heteroatoms. The van der Waals surface area contributed by atoms with Gasteiger partial charge in [-0.05, 0) is 31.2 Å². The minimum atomic E-state index is -0.320. The van der Waals surface area contributed by atoms with Crippen LogP contribution in [0.1, 0.15) is 12.6 Å². The number of carbonyl (C=O) groups excluding carboxylic acids is 1. The Labute approximate surface area is 129 Å². The van der Waals surface area contributed by atoms with Gasteiger partial charge in [-0.2, -0.15) is 0 Å². The lowest BCUT2D eigenvalue weighted by molar-refractivity contribution is 0.219. The van der Waals surface area contributed by atoms with Crippen molar-refractivity contribution in [2.75, 3.05) is 13.3 Å². The predicted octanol–water partition coefficient (Wildman–Crippen LogP) is 2.32. The van der Waals surface area contributed by atoms with Crippen LogP contribution >= 0.6 is 0 Å². The summed E-state index contributed by atoms with van der Waals surface area (Å²) < 4.78 is 10.9. The summed E-state index contributed by atoms with van der Waals surface area (Å²) in [6.45, 7) is 2.87. The number of pyridine rings is 1. The average Bonchev–Trinajstić information content (AvgIpc) is 2.56. The molecule has 2 aromatic rings. The van der Waals surface area contributed by atoms with Crippen LogP contribution in [0, 0.1) is 0 Å². The Bertz CT molecular complexity index is 590. The Morgan fingerprint density at radius 1 is 1.05 bits per heavy atom. The fraction of sp³-hybridized carbons (Fsp3) is 0.250. The van der Waals surface area contributed by atoms with Crippen LogP contribution in [0.25, 0.3) is 0 Å². The standard InChI is InChI=1S/C16H19N3O3/c1-2-21-14-8-3-4-9-15(14)22-12-19-16(20)18-11-13-7-5-6-10-17-13/h3-10H,2,11-12H2,1H3,(H2,18,19,20). The number of nitrogens with zero attached hydrogens (tertiary/aromatic N) is 1. The molecule has 0 aliphatic heterocycles. The molecule has 0 aliphatic rings. The third kappa shape index (κ3) is 4.97. The first-order valence-corrected chi connectivity index (χ1v) is 7.06. The monoisotopic (exact) mass is 301 g/mol. The normalized spacial score (nSPS) is 9.86. The highest BCUT2D eigenvalue weighted by Crippen LogP contribution is 2.25. The molecular formula is C16H19N3O3. The molecule has 1 aromatic carbocycles. The largest absolute Gasteiger partial charge is 0.490 e. The lowest BCUT2D eigenvalue weighted by Crippen LogP contribution is -2.37. The molecule has 2 N–H and O–H groups in total. The number of ether oxygens (including phenoxy) is 2. The first-order valence-electron chi connectivity index (χ1n) is 7.06. The SMILES string of the molecule is CCOc1ccccc1OCNC(=O)NCc1ccccn1. The van der Waals surface area contributed by atoms with Gasteiger partial charge >= 0.3 is 6.03 Å². The number of carbonyl (C=O) groups is 1. The van der Waals surface area contributed by atoms with Gasteiger partial charge in [0.05, 0.1) is 18.8 Å². The summed E-state index contributed by atoms with van der Waals surface area (Å²) >= 11 is 0. The molecular weight excluding hydrogens is 282 g/mol. The molecule has 6 nitrogen and oxygen atoms in total. The summed E-state index contributed by atoms with van der Waals surface area (Å²) in [6, 6.07) is 12.5. The van der Waals surface area contributed by atoms with Gasteiger partial charge in [-0.15, -0.1) is 0 Å². The van der Waals surface area contributed by atoms with Gasteiger partial charge in [0.2, 0.25) is 0 Å². The molecule has 22 heavy (non-hydrogen) atoms. The van der Waals surface area contributed by atoms with Gasteiger partial charge in [-0.1, -0.05) is 18.2 Å². The molecule has 0 aliphatic carbocycles. The minimum Gasteiger partial charge on any atom is -0.490 e. The van der Waals surface area contributed by atoms with E-state index in [4.69, 9.17) is 9.47 Å². The molecule has 0 unspecified atom stereocenters. The maximum absolute atomic E-state index is 11.7. The smallest absolute Gasteiger partial charge is 0.317 e. The summed E-state index contributed by atoms with van der Waals surface area (Å²) in [5.74, 6) is 1.25. The number of rotatable bonds is 7. The van der Waals surface area contributed by atoms with Crippen LogP contribution < -0.4 is 20.1 Å². The van der Waals surface area contributed by atoms with E-state index in [2.05, 4.69) is 15.6 Å². The molecule has 0 bridgehead atoms. The van der Waals surface area contributed by atoms with Crippen molar-refractivity contribution in [1.29, 1.82) is 0 Å². The molecule has 2 rings (SSSR count). The zero-order chi connectivity index (χ0) is 15.6. The van der Waals surface area contributed by atoms with E-state index in [0.29, 0.717) is 24.7 Å². The van der Waals surface area contributed by atoms with Gasteiger partial charge in [-0.3, -0.25) is 4.98 Å². The number of para-hydroxylation sites is 2. The van der Waals surface area contributed by atoms with E-state index in [1.807, 2.05) is 43.3 Å². The van der Waals surface area contributed by atoms with Crippen molar-refractivity contribution in [3.63, 3.8) is 0 Å². The molecule has 0 atom stereocenters. The highest BCUT2D eigenvalue weighted by Gasteiger charge is 2.04. The zero-order valence-electron chi connectivity index (χ0n) is 12.4.